The molecule has 4 nitrogen and oxygen atoms in total. The van der Waals surface area contributed by atoms with Crippen molar-refractivity contribution in [2.24, 2.45) is 5.73 Å². The summed E-state index contributed by atoms with van der Waals surface area (Å²) in [6, 6.07) is 13.0. The van der Waals surface area contributed by atoms with Gasteiger partial charge in [0, 0.05) is 13.1 Å². The van der Waals surface area contributed by atoms with E-state index in [1.165, 1.54) is 0 Å². The van der Waals surface area contributed by atoms with E-state index in [1.54, 1.807) is 13.0 Å². The minimum atomic E-state index is -3.53. The van der Waals surface area contributed by atoms with E-state index >= 15 is 0 Å². The van der Waals surface area contributed by atoms with Gasteiger partial charge < -0.3 is 5.73 Å². The molecule has 0 spiro atoms. The first-order chi connectivity index (χ1) is 9.94. The fourth-order valence-corrected chi connectivity index (χ4v) is 3.51. The number of hydrogen-bond donors (Lipinski definition) is 2. The van der Waals surface area contributed by atoms with Gasteiger partial charge in [-0.25, -0.2) is 13.1 Å². The molecule has 112 valence electrons. The average Bonchev–Trinajstić information content (AvgIpc) is 2.48. The van der Waals surface area contributed by atoms with Crippen molar-refractivity contribution in [2.45, 2.75) is 31.8 Å². The first-order valence-electron chi connectivity index (χ1n) is 6.78. The van der Waals surface area contributed by atoms with Gasteiger partial charge >= 0.3 is 0 Å². The normalized spacial score (nSPS) is 11.6. The summed E-state index contributed by atoms with van der Waals surface area (Å²) in [5.74, 6) is 0. The Kier molecular flexibility index (Phi) is 4.77. The molecule has 0 unspecified atom stereocenters. The highest BCUT2D eigenvalue weighted by Gasteiger charge is 2.17. The van der Waals surface area contributed by atoms with Crippen molar-refractivity contribution in [3.05, 3.63) is 64.7 Å². The molecular weight excluding hydrogens is 284 g/mol. The third-order valence-electron chi connectivity index (χ3n) is 3.42. The van der Waals surface area contributed by atoms with Crippen molar-refractivity contribution in [3.63, 3.8) is 0 Å². The van der Waals surface area contributed by atoms with Gasteiger partial charge in [-0.05, 0) is 42.2 Å². The van der Waals surface area contributed by atoms with Crippen LogP contribution < -0.4 is 10.5 Å². The van der Waals surface area contributed by atoms with Crippen LogP contribution in [0.1, 0.15) is 22.3 Å². The topological polar surface area (TPSA) is 72.2 Å². The van der Waals surface area contributed by atoms with Gasteiger partial charge in [0.15, 0.2) is 0 Å². The summed E-state index contributed by atoms with van der Waals surface area (Å²) in [7, 11) is -3.53. The van der Waals surface area contributed by atoms with E-state index in [4.69, 9.17) is 5.73 Å². The van der Waals surface area contributed by atoms with E-state index in [-0.39, 0.29) is 6.54 Å². The lowest BCUT2D eigenvalue weighted by atomic mass is 10.1. The van der Waals surface area contributed by atoms with E-state index in [1.807, 2.05) is 43.3 Å². The van der Waals surface area contributed by atoms with Gasteiger partial charge in [-0.1, -0.05) is 36.4 Å². The minimum Gasteiger partial charge on any atom is -0.326 e. The summed E-state index contributed by atoms with van der Waals surface area (Å²) in [6.45, 7) is 4.30. The SMILES string of the molecule is Cc1ccc(C)c(S(=O)(=O)NCc2ccccc2CN)c1. The van der Waals surface area contributed by atoms with Crippen molar-refractivity contribution in [2.75, 3.05) is 0 Å². The van der Waals surface area contributed by atoms with Crippen molar-refractivity contribution >= 4 is 10.0 Å². The van der Waals surface area contributed by atoms with Gasteiger partial charge in [-0.3, -0.25) is 0 Å². The predicted octanol–water partition coefficient (Wildman–Crippen LogP) is 2.24. The van der Waals surface area contributed by atoms with Crippen LogP contribution in [0.3, 0.4) is 0 Å². The number of benzene rings is 2. The molecule has 0 heterocycles. The van der Waals surface area contributed by atoms with E-state index in [0.29, 0.717) is 11.4 Å². The molecule has 0 aliphatic rings. The van der Waals surface area contributed by atoms with Crippen LogP contribution in [-0.2, 0) is 23.1 Å². The molecule has 0 aromatic heterocycles. The highest BCUT2D eigenvalue weighted by Crippen LogP contribution is 2.17. The summed E-state index contributed by atoms with van der Waals surface area (Å²) >= 11 is 0. The van der Waals surface area contributed by atoms with Crippen LogP contribution in [0.4, 0.5) is 0 Å². The quantitative estimate of drug-likeness (QED) is 0.890. The summed E-state index contributed by atoms with van der Waals surface area (Å²) in [5.41, 5.74) is 9.17. The number of nitrogens with two attached hydrogens (primary N) is 1. The standard InChI is InChI=1S/C16H20N2O2S/c1-12-7-8-13(2)16(9-12)21(19,20)18-11-15-6-4-3-5-14(15)10-17/h3-9,18H,10-11,17H2,1-2H3. The number of sulfonamides is 1. The lowest BCUT2D eigenvalue weighted by Gasteiger charge is -2.12. The largest absolute Gasteiger partial charge is 0.326 e. The third kappa shape index (κ3) is 3.69. The molecular formula is C16H20N2O2S. The van der Waals surface area contributed by atoms with Gasteiger partial charge in [0.05, 0.1) is 4.90 Å². The van der Waals surface area contributed by atoms with Gasteiger partial charge in [-0.15, -0.1) is 0 Å². The second-order valence-corrected chi connectivity index (χ2v) is 6.80. The van der Waals surface area contributed by atoms with Crippen LogP contribution in [0, 0.1) is 13.8 Å². The monoisotopic (exact) mass is 304 g/mol. The van der Waals surface area contributed by atoms with Gasteiger partial charge in [0.2, 0.25) is 10.0 Å². The van der Waals surface area contributed by atoms with E-state index in [0.717, 1.165) is 22.3 Å². The van der Waals surface area contributed by atoms with Gasteiger partial charge in [-0.2, -0.15) is 0 Å². The second-order valence-electron chi connectivity index (χ2n) is 5.07. The summed E-state index contributed by atoms with van der Waals surface area (Å²) in [6.07, 6.45) is 0. The molecule has 0 aliphatic carbocycles. The summed E-state index contributed by atoms with van der Waals surface area (Å²) in [5, 5.41) is 0. The van der Waals surface area contributed by atoms with Crippen LogP contribution in [0.15, 0.2) is 47.4 Å². The zero-order valence-electron chi connectivity index (χ0n) is 12.3. The zero-order valence-corrected chi connectivity index (χ0v) is 13.1. The van der Waals surface area contributed by atoms with Crippen molar-refractivity contribution in [3.8, 4) is 0 Å². The molecule has 0 atom stereocenters. The number of hydrogen-bond acceptors (Lipinski definition) is 3. The Morgan fingerprint density at radius 2 is 1.71 bits per heavy atom. The highest BCUT2D eigenvalue weighted by atomic mass is 32.2. The van der Waals surface area contributed by atoms with Crippen LogP contribution in [0.2, 0.25) is 0 Å². The first-order valence-corrected chi connectivity index (χ1v) is 8.26. The Morgan fingerprint density at radius 1 is 1.05 bits per heavy atom. The fraction of sp³-hybridized carbons (Fsp3) is 0.250. The lowest BCUT2D eigenvalue weighted by Crippen LogP contribution is -2.25. The van der Waals surface area contributed by atoms with E-state index in [2.05, 4.69) is 4.72 Å². The predicted molar refractivity (Wildman–Crippen MR) is 84.3 cm³/mol. The molecule has 2 aromatic rings. The molecule has 2 aromatic carbocycles. The molecule has 0 fully saturated rings. The van der Waals surface area contributed by atoms with Crippen molar-refractivity contribution in [1.29, 1.82) is 0 Å². The maximum absolute atomic E-state index is 12.4. The lowest BCUT2D eigenvalue weighted by molar-refractivity contribution is 0.580. The van der Waals surface area contributed by atoms with Crippen molar-refractivity contribution < 1.29 is 8.42 Å². The Labute approximate surface area is 126 Å². The summed E-state index contributed by atoms with van der Waals surface area (Å²) < 4.78 is 27.5. The maximum atomic E-state index is 12.4. The third-order valence-corrected chi connectivity index (χ3v) is 4.97. The van der Waals surface area contributed by atoms with Crippen molar-refractivity contribution in [1.82, 2.24) is 4.72 Å². The first kappa shape index (κ1) is 15.7. The van der Waals surface area contributed by atoms with Crippen LogP contribution in [-0.4, -0.2) is 8.42 Å². The summed E-state index contributed by atoms with van der Waals surface area (Å²) in [4.78, 5) is 0.327. The molecule has 21 heavy (non-hydrogen) atoms. The van der Waals surface area contributed by atoms with Crippen LogP contribution in [0.5, 0.6) is 0 Å². The molecule has 2 rings (SSSR count). The molecule has 0 bridgehead atoms. The Morgan fingerprint density at radius 3 is 2.38 bits per heavy atom. The molecule has 0 saturated heterocycles. The highest BCUT2D eigenvalue weighted by molar-refractivity contribution is 7.89. The van der Waals surface area contributed by atoms with Gasteiger partial charge in [0.25, 0.3) is 0 Å². The molecule has 5 heteroatoms. The number of rotatable bonds is 5. The second kappa shape index (κ2) is 6.39. The number of aryl methyl sites for hydroxylation is 2. The van der Waals surface area contributed by atoms with Crippen LogP contribution in [0.25, 0.3) is 0 Å². The maximum Gasteiger partial charge on any atom is 0.241 e. The molecule has 0 saturated carbocycles. The Hall–Kier alpha value is -1.69. The minimum absolute atomic E-state index is 0.239. The van der Waals surface area contributed by atoms with E-state index in [9.17, 15) is 8.42 Å². The Bertz CT molecular complexity index is 740. The van der Waals surface area contributed by atoms with E-state index < -0.39 is 10.0 Å². The fourth-order valence-electron chi connectivity index (χ4n) is 2.18. The Balaban J connectivity index is 2.24. The molecule has 3 N–H and O–H groups in total. The smallest absolute Gasteiger partial charge is 0.241 e. The number of nitrogens with one attached hydrogen (secondary N) is 1. The molecule has 0 aliphatic heterocycles. The zero-order chi connectivity index (χ0) is 15.5. The molecule has 0 amide bonds. The van der Waals surface area contributed by atoms with Crippen LogP contribution >= 0.6 is 0 Å². The molecule has 0 radical (unpaired) electrons. The van der Waals surface area contributed by atoms with Gasteiger partial charge in [0.1, 0.15) is 0 Å². The average molecular weight is 304 g/mol.